The normalized spacial score (nSPS) is 30.3. The number of nitrogens with one attached hydrogen (secondary N) is 1. The van der Waals surface area contributed by atoms with Crippen molar-refractivity contribution in [1.29, 1.82) is 0 Å². The van der Waals surface area contributed by atoms with Gasteiger partial charge < -0.3 is 24.3 Å². The third-order valence-corrected chi connectivity index (χ3v) is 4.46. The third-order valence-electron chi connectivity index (χ3n) is 4.46. The smallest absolute Gasteiger partial charge is 0.159 e. The molecule has 1 aliphatic carbocycles. The molecule has 2 heterocycles. The maximum absolute atomic E-state index is 5.79. The van der Waals surface area contributed by atoms with E-state index in [1.54, 1.807) is 0 Å². The van der Waals surface area contributed by atoms with Crippen molar-refractivity contribution >= 4 is 0 Å². The van der Waals surface area contributed by atoms with Gasteiger partial charge in [0.05, 0.1) is 26.4 Å². The summed E-state index contributed by atoms with van der Waals surface area (Å²) in [6.45, 7) is 5.07. The van der Waals surface area contributed by atoms with Crippen molar-refractivity contribution in [2.75, 3.05) is 39.5 Å². The van der Waals surface area contributed by atoms with Crippen LogP contribution in [0.2, 0.25) is 0 Å². The van der Waals surface area contributed by atoms with Crippen LogP contribution >= 0.6 is 0 Å². The van der Waals surface area contributed by atoms with Crippen molar-refractivity contribution in [3.05, 3.63) is 0 Å². The van der Waals surface area contributed by atoms with E-state index in [1.807, 2.05) is 0 Å². The van der Waals surface area contributed by atoms with Crippen LogP contribution in [0.5, 0.6) is 0 Å². The van der Waals surface area contributed by atoms with E-state index in [1.165, 1.54) is 32.1 Å². The number of epoxide rings is 2. The molecule has 0 bridgehead atoms. The van der Waals surface area contributed by atoms with Gasteiger partial charge in [-0.25, -0.2) is 0 Å². The lowest BCUT2D eigenvalue weighted by atomic mass is 9.89. The van der Waals surface area contributed by atoms with Crippen LogP contribution in [-0.4, -0.2) is 58.0 Å². The standard InChI is InChI=1S/C16H29NO4/c1-2-4-13(5-3-1)8-17-7-6-16(20-11-14-9-18-14)21-12-15-10-19-15/h13-17H,1-12H2. The van der Waals surface area contributed by atoms with Crippen LogP contribution in [0.15, 0.2) is 0 Å². The summed E-state index contributed by atoms with van der Waals surface area (Å²) in [5.74, 6) is 0.874. The first kappa shape index (κ1) is 15.7. The summed E-state index contributed by atoms with van der Waals surface area (Å²) >= 11 is 0. The van der Waals surface area contributed by atoms with Crippen molar-refractivity contribution in [1.82, 2.24) is 5.32 Å². The van der Waals surface area contributed by atoms with Crippen LogP contribution < -0.4 is 5.32 Å². The fourth-order valence-electron chi connectivity index (χ4n) is 2.89. The zero-order chi connectivity index (χ0) is 14.3. The fraction of sp³-hybridized carbons (Fsp3) is 1.00. The van der Waals surface area contributed by atoms with Gasteiger partial charge in [0.15, 0.2) is 6.29 Å². The lowest BCUT2D eigenvalue weighted by Gasteiger charge is -2.23. The third kappa shape index (κ3) is 6.61. The Bertz CT molecular complexity index is 272. The maximum atomic E-state index is 5.79. The van der Waals surface area contributed by atoms with E-state index in [0.29, 0.717) is 25.4 Å². The molecule has 0 amide bonds. The lowest BCUT2D eigenvalue weighted by molar-refractivity contribution is -0.150. The van der Waals surface area contributed by atoms with Gasteiger partial charge in [0.1, 0.15) is 12.2 Å². The van der Waals surface area contributed by atoms with Crippen LogP contribution in [0.3, 0.4) is 0 Å². The van der Waals surface area contributed by atoms with Gasteiger partial charge >= 0.3 is 0 Å². The van der Waals surface area contributed by atoms with Crippen molar-refractivity contribution in [3.8, 4) is 0 Å². The molecule has 0 spiro atoms. The van der Waals surface area contributed by atoms with Gasteiger partial charge in [-0.15, -0.1) is 0 Å². The Labute approximate surface area is 127 Å². The van der Waals surface area contributed by atoms with Crippen molar-refractivity contribution in [2.24, 2.45) is 5.92 Å². The van der Waals surface area contributed by atoms with E-state index in [-0.39, 0.29) is 6.29 Å². The van der Waals surface area contributed by atoms with E-state index in [4.69, 9.17) is 18.9 Å². The van der Waals surface area contributed by atoms with Crippen LogP contribution in [-0.2, 0) is 18.9 Å². The molecule has 1 saturated carbocycles. The molecule has 2 unspecified atom stereocenters. The van der Waals surface area contributed by atoms with Gasteiger partial charge in [-0.2, -0.15) is 0 Å². The quantitative estimate of drug-likeness (QED) is 0.357. The Morgan fingerprint density at radius 2 is 1.57 bits per heavy atom. The number of hydrogen-bond donors (Lipinski definition) is 1. The van der Waals surface area contributed by atoms with Gasteiger partial charge in [0.2, 0.25) is 0 Å². The van der Waals surface area contributed by atoms with Gasteiger partial charge in [-0.1, -0.05) is 19.3 Å². The summed E-state index contributed by atoms with van der Waals surface area (Å²) in [5.41, 5.74) is 0. The largest absolute Gasteiger partial charge is 0.371 e. The summed E-state index contributed by atoms with van der Waals surface area (Å²) in [5, 5.41) is 3.57. The molecule has 3 fully saturated rings. The first-order chi connectivity index (χ1) is 10.4. The molecule has 21 heavy (non-hydrogen) atoms. The van der Waals surface area contributed by atoms with Gasteiger partial charge in [0, 0.05) is 6.42 Å². The second-order valence-electron chi connectivity index (χ2n) is 6.50. The molecule has 2 atom stereocenters. The van der Waals surface area contributed by atoms with E-state index in [9.17, 15) is 0 Å². The molecule has 3 rings (SSSR count). The minimum Gasteiger partial charge on any atom is -0.371 e. The van der Waals surface area contributed by atoms with Crippen LogP contribution in [0.1, 0.15) is 38.5 Å². The van der Waals surface area contributed by atoms with E-state index >= 15 is 0 Å². The molecule has 0 aromatic heterocycles. The summed E-state index contributed by atoms with van der Waals surface area (Å²) in [4.78, 5) is 0. The average Bonchev–Trinajstić information content (AvgIpc) is 3.40. The molecule has 0 aromatic carbocycles. The molecular weight excluding hydrogens is 270 g/mol. The summed E-state index contributed by atoms with van der Waals surface area (Å²) < 4.78 is 21.9. The zero-order valence-corrected chi connectivity index (χ0v) is 12.9. The Morgan fingerprint density at radius 1 is 0.952 bits per heavy atom. The predicted molar refractivity (Wildman–Crippen MR) is 79.2 cm³/mol. The molecule has 2 saturated heterocycles. The zero-order valence-electron chi connectivity index (χ0n) is 12.9. The fourth-order valence-corrected chi connectivity index (χ4v) is 2.89. The highest BCUT2D eigenvalue weighted by Gasteiger charge is 2.27. The molecule has 2 aliphatic heterocycles. The molecule has 0 radical (unpaired) electrons. The maximum Gasteiger partial charge on any atom is 0.159 e. The predicted octanol–water partition coefficient (Wildman–Crippen LogP) is 1.70. The average molecular weight is 299 g/mol. The molecule has 5 nitrogen and oxygen atoms in total. The highest BCUT2D eigenvalue weighted by molar-refractivity contribution is 4.71. The first-order valence-corrected chi connectivity index (χ1v) is 8.57. The second kappa shape index (κ2) is 8.44. The van der Waals surface area contributed by atoms with Crippen molar-refractivity contribution in [2.45, 2.75) is 57.0 Å². The van der Waals surface area contributed by atoms with Crippen LogP contribution in [0.25, 0.3) is 0 Å². The van der Waals surface area contributed by atoms with Gasteiger partial charge in [-0.3, -0.25) is 0 Å². The topological polar surface area (TPSA) is 55.5 Å². The molecule has 1 N–H and O–H groups in total. The lowest BCUT2D eigenvalue weighted by Crippen LogP contribution is -2.30. The molecule has 122 valence electrons. The molecule has 3 aliphatic rings. The number of rotatable bonds is 11. The highest BCUT2D eigenvalue weighted by Crippen LogP contribution is 2.22. The SMILES string of the molecule is C1CCC(CNCCC(OCC2CO2)OCC2CO2)CC1. The van der Waals surface area contributed by atoms with Gasteiger partial charge in [-0.05, 0) is 31.8 Å². The number of hydrogen-bond acceptors (Lipinski definition) is 5. The summed E-state index contributed by atoms with van der Waals surface area (Å²) in [7, 11) is 0. The van der Waals surface area contributed by atoms with Gasteiger partial charge in [0.25, 0.3) is 0 Å². The van der Waals surface area contributed by atoms with Crippen LogP contribution in [0.4, 0.5) is 0 Å². The van der Waals surface area contributed by atoms with Crippen LogP contribution in [0, 0.1) is 5.92 Å². The summed E-state index contributed by atoms with van der Waals surface area (Å²) in [6.07, 6.45) is 8.37. The van der Waals surface area contributed by atoms with Crippen molar-refractivity contribution in [3.63, 3.8) is 0 Å². The summed E-state index contributed by atoms with van der Waals surface area (Å²) in [6, 6.07) is 0. The Hall–Kier alpha value is -0.200. The van der Waals surface area contributed by atoms with E-state index in [2.05, 4.69) is 5.32 Å². The first-order valence-electron chi connectivity index (χ1n) is 8.57. The Kier molecular flexibility index (Phi) is 6.30. The van der Waals surface area contributed by atoms with Crippen molar-refractivity contribution < 1.29 is 18.9 Å². The Morgan fingerprint density at radius 3 is 2.14 bits per heavy atom. The minimum absolute atomic E-state index is 0.128. The number of ether oxygens (including phenoxy) is 4. The minimum atomic E-state index is -0.128. The molecular formula is C16H29NO4. The van der Waals surface area contributed by atoms with E-state index < -0.39 is 0 Å². The molecule has 5 heteroatoms. The highest BCUT2D eigenvalue weighted by atomic mass is 16.7. The molecule has 0 aromatic rings. The monoisotopic (exact) mass is 299 g/mol. The second-order valence-corrected chi connectivity index (χ2v) is 6.50. The Balaban J connectivity index is 1.26. The van der Waals surface area contributed by atoms with E-state index in [0.717, 1.165) is 38.6 Å².